The van der Waals surface area contributed by atoms with Crippen molar-refractivity contribution in [1.82, 2.24) is 15.0 Å². The van der Waals surface area contributed by atoms with Crippen LogP contribution in [0.2, 0.25) is 10.3 Å². The van der Waals surface area contributed by atoms with E-state index in [0.717, 1.165) is 12.1 Å². The number of benzene rings is 2. The largest absolute Gasteiger partial charge is 1.00 e. The normalized spacial score (nSPS) is 15.7. The first-order chi connectivity index (χ1) is 17.8. The standard InChI is InChI=1S/C21H15Cl2N7O7S.2Na/c1-9-17(21(34)30(29-9)8-16(31)32)28-27-13-5-3-11(7-15(13)38(35,36)37)24-20(33)10-2-4-12-14(6-10)26-19(23)18(22)25-12;;/h2-7,17H,8H2,1H3,(H,24,33)(H,31,32)(H,35,36,37);;/q;2*+1/p-2. The Hall–Kier alpha value is -2.05. The molecule has 2 heterocycles. The van der Waals surface area contributed by atoms with Gasteiger partial charge in [-0.2, -0.15) is 23.7 Å². The Morgan fingerprint density at radius 3 is 2.35 bits per heavy atom. The molecule has 3 aromatic rings. The first-order valence-electron chi connectivity index (χ1n) is 10.3. The fourth-order valence-corrected chi connectivity index (χ4v) is 4.20. The van der Waals surface area contributed by atoms with Crippen molar-refractivity contribution >= 4 is 79.2 Å². The molecule has 2 aromatic carbocycles. The topological polar surface area (TPSA) is 213 Å². The Kier molecular flexibility index (Phi) is 11.7. The summed E-state index contributed by atoms with van der Waals surface area (Å²) in [6.45, 7) is 0.600. The van der Waals surface area contributed by atoms with E-state index in [2.05, 4.69) is 30.3 Å². The van der Waals surface area contributed by atoms with Crippen LogP contribution in [0.1, 0.15) is 12.5 Å². The number of halogens is 2. The van der Waals surface area contributed by atoms with E-state index >= 15 is 0 Å². The molecule has 1 amide bonds. The maximum absolute atomic E-state index is 12.7. The van der Waals surface area contributed by atoms with E-state index in [1.165, 1.54) is 31.2 Å². The zero-order valence-electron chi connectivity index (χ0n) is 20.9. The van der Waals surface area contributed by atoms with E-state index < -0.39 is 45.4 Å². The van der Waals surface area contributed by atoms with Crippen LogP contribution in [0, 0.1) is 0 Å². The number of amides is 1. The number of rotatable bonds is 7. The molecule has 0 saturated heterocycles. The minimum Gasteiger partial charge on any atom is -0.858 e. The van der Waals surface area contributed by atoms with Gasteiger partial charge < -0.3 is 15.0 Å². The third kappa shape index (κ3) is 7.82. The fraction of sp³-hybridized carbons (Fsp3) is 0.143. The van der Waals surface area contributed by atoms with Crippen LogP contribution in [0.15, 0.2) is 61.6 Å². The van der Waals surface area contributed by atoms with Crippen LogP contribution in [0.4, 0.5) is 11.4 Å². The van der Waals surface area contributed by atoms with E-state index in [4.69, 9.17) is 23.2 Å². The summed E-state index contributed by atoms with van der Waals surface area (Å²) in [6.07, 6.45) is 0. The Balaban J connectivity index is 0.00000280. The third-order valence-electron chi connectivity index (χ3n) is 5.00. The van der Waals surface area contributed by atoms with E-state index in [0.29, 0.717) is 10.5 Å². The maximum atomic E-state index is 12.7. The quantitative estimate of drug-likeness (QED) is 0.0876. The second-order valence-corrected chi connectivity index (χ2v) is 9.79. The summed E-state index contributed by atoms with van der Waals surface area (Å²) in [6, 6.07) is 6.17. The number of aliphatic carboxylic acids is 1. The predicted octanol–water partition coefficient (Wildman–Crippen LogP) is -4.95. The molecule has 1 aliphatic heterocycles. The molecule has 4 rings (SSSR count). The van der Waals surface area contributed by atoms with Gasteiger partial charge in [0.05, 0.1) is 34.9 Å². The van der Waals surface area contributed by atoms with Gasteiger partial charge in [0.1, 0.15) is 10.6 Å². The van der Waals surface area contributed by atoms with Crippen LogP contribution in [-0.4, -0.2) is 64.0 Å². The van der Waals surface area contributed by atoms with Crippen LogP contribution >= 0.6 is 23.2 Å². The maximum Gasteiger partial charge on any atom is 1.00 e. The second-order valence-electron chi connectivity index (χ2n) is 7.68. The minimum absolute atomic E-state index is 0. The second kappa shape index (κ2) is 13.7. The van der Waals surface area contributed by atoms with Gasteiger partial charge in [0.2, 0.25) is 0 Å². The molecule has 1 aromatic heterocycles. The zero-order valence-corrected chi connectivity index (χ0v) is 27.3. The van der Waals surface area contributed by atoms with Crippen LogP contribution in [0.5, 0.6) is 0 Å². The van der Waals surface area contributed by atoms with Crippen molar-refractivity contribution in [3.05, 3.63) is 52.3 Å². The van der Waals surface area contributed by atoms with Crippen molar-refractivity contribution < 1.29 is 91.9 Å². The molecule has 0 spiro atoms. The average Bonchev–Trinajstić information content (AvgIpc) is 3.09. The van der Waals surface area contributed by atoms with E-state index in [-0.39, 0.29) is 97.6 Å². The summed E-state index contributed by atoms with van der Waals surface area (Å²) < 4.78 is 33.7. The average molecular weight is 624 g/mol. The van der Waals surface area contributed by atoms with Gasteiger partial charge in [0, 0.05) is 0 Å². The molecule has 1 N–H and O–H groups in total. The van der Waals surface area contributed by atoms with Crippen LogP contribution in [-0.2, 0) is 19.7 Å². The molecule has 0 radical (unpaired) electrons. The van der Waals surface area contributed by atoms with Gasteiger partial charge in [0.15, 0.2) is 16.3 Å². The van der Waals surface area contributed by atoms with Crippen molar-refractivity contribution in [3.63, 3.8) is 0 Å². The minimum atomic E-state index is -4.88. The molecule has 14 nitrogen and oxygen atoms in total. The molecule has 1 atom stereocenters. The summed E-state index contributed by atoms with van der Waals surface area (Å²) in [5, 5.41) is 35.3. The zero-order chi connectivity index (χ0) is 27.8. The molecule has 196 valence electrons. The van der Waals surface area contributed by atoms with Gasteiger partial charge in [-0.05, 0) is 48.7 Å². The van der Waals surface area contributed by atoms with Gasteiger partial charge in [-0.3, -0.25) is 14.3 Å². The van der Waals surface area contributed by atoms with E-state index in [1.807, 2.05) is 0 Å². The molecule has 0 aliphatic carbocycles. The fourth-order valence-electron chi connectivity index (χ4n) is 3.29. The van der Waals surface area contributed by atoms with Crippen molar-refractivity contribution in [2.45, 2.75) is 17.9 Å². The number of hydrazone groups is 1. The first-order valence-corrected chi connectivity index (χ1v) is 12.5. The Morgan fingerprint density at radius 2 is 1.73 bits per heavy atom. The Morgan fingerprint density at radius 1 is 1.07 bits per heavy atom. The molecule has 0 bridgehead atoms. The summed E-state index contributed by atoms with van der Waals surface area (Å²) in [5.74, 6) is -3.13. The number of hydrogen-bond donors (Lipinski definition) is 1. The molecule has 0 fully saturated rings. The number of aromatic nitrogens is 2. The SMILES string of the molecule is CC1=NN(CC(=O)[O-])C(=O)C1N=Nc1ccc(N=C([O-])c2ccc3nc(Cl)c(Cl)nc3c2)cc1S(=O)(=O)O.[Na+].[Na+]. The number of azo groups is 1. The molecule has 0 saturated carbocycles. The summed E-state index contributed by atoms with van der Waals surface area (Å²) >= 11 is 11.7. The van der Waals surface area contributed by atoms with Crippen molar-refractivity contribution in [3.8, 4) is 0 Å². The molecular formula is C21H13Cl2N7Na2O7S. The van der Waals surface area contributed by atoms with Crippen molar-refractivity contribution in [2.75, 3.05) is 6.54 Å². The molecule has 1 unspecified atom stereocenters. The van der Waals surface area contributed by atoms with Crippen LogP contribution in [0.3, 0.4) is 0 Å². The summed E-state index contributed by atoms with van der Waals surface area (Å²) in [4.78, 5) is 34.3. The number of carboxylic acids is 1. The van der Waals surface area contributed by atoms with Gasteiger partial charge in [-0.1, -0.05) is 29.3 Å². The van der Waals surface area contributed by atoms with Gasteiger partial charge in [-0.15, -0.1) is 0 Å². The third-order valence-corrected chi connectivity index (χ3v) is 6.51. The van der Waals surface area contributed by atoms with Crippen LogP contribution in [0.25, 0.3) is 11.0 Å². The predicted molar refractivity (Wildman–Crippen MR) is 130 cm³/mol. The molecule has 40 heavy (non-hydrogen) atoms. The number of carbonyl (C=O) groups is 2. The van der Waals surface area contributed by atoms with E-state index in [9.17, 15) is 32.8 Å². The van der Waals surface area contributed by atoms with Gasteiger partial charge in [-0.25, -0.2) is 15.0 Å². The number of hydrogen-bond acceptors (Lipinski definition) is 12. The number of nitrogens with zero attached hydrogens (tertiary/aromatic N) is 7. The molecule has 19 heteroatoms. The van der Waals surface area contributed by atoms with Gasteiger partial charge >= 0.3 is 59.1 Å². The number of carbonyl (C=O) groups excluding carboxylic acids is 2. The monoisotopic (exact) mass is 623 g/mol. The Labute approximate surface area is 280 Å². The van der Waals surface area contributed by atoms with E-state index in [1.54, 1.807) is 0 Å². The summed E-state index contributed by atoms with van der Waals surface area (Å²) in [5.41, 5.74) is 0.325. The first kappa shape index (κ1) is 34.2. The number of carboxylic acid groups (broad SMARTS) is 1. The summed E-state index contributed by atoms with van der Waals surface area (Å²) in [7, 11) is -4.88. The van der Waals surface area contributed by atoms with Crippen molar-refractivity contribution in [1.29, 1.82) is 0 Å². The molecular weight excluding hydrogens is 611 g/mol. The number of fused-ring (bicyclic) bond motifs is 1. The smallest absolute Gasteiger partial charge is 0.858 e. The van der Waals surface area contributed by atoms with Gasteiger partial charge in [0.25, 0.3) is 16.0 Å². The van der Waals surface area contributed by atoms with Crippen LogP contribution < -0.4 is 69.3 Å². The molecule has 1 aliphatic rings. The number of aliphatic imine (C=N–C) groups is 1. The Bertz CT molecular complexity index is 1700. The van der Waals surface area contributed by atoms with Crippen molar-refractivity contribution in [2.24, 2.45) is 20.3 Å².